The quantitative estimate of drug-likeness (QED) is 0.255. The van der Waals surface area contributed by atoms with Crippen molar-refractivity contribution in [1.82, 2.24) is 0 Å². The topological polar surface area (TPSA) is 185 Å². The number of carboxylic acid groups (broad SMARTS) is 2. The van der Waals surface area contributed by atoms with Crippen LogP contribution in [-0.2, 0) is 49.7 Å². The molecule has 10 nitrogen and oxygen atoms in total. The number of rotatable bonds is 6. The average molecular weight is 596 g/mol. The van der Waals surface area contributed by atoms with E-state index in [1.54, 1.807) is 13.8 Å². The molecule has 1 saturated carbocycles. The Bertz CT molecular complexity index is 504. The van der Waals surface area contributed by atoms with E-state index in [9.17, 15) is 29.4 Å². The maximum atomic E-state index is 10.3. The maximum Gasteiger partial charge on any atom is 4.00 e. The Morgan fingerprint density at radius 2 is 1.10 bits per heavy atom. The second-order valence-corrected chi connectivity index (χ2v) is 5.42. The Kier molecular flexibility index (Phi) is 22.6. The van der Waals surface area contributed by atoms with Crippen molar-refractivity contribution in [2.24, 2.45) is 11.5 Å². The summed E-state index contributed by atoms with van der Waals surface area (Å²) >= 11 is 0. The van der Waals surface area contributed by atoms with Gasteiger partial charge < -0.3 is 40.7 Å². The van der Waals surface area contributed by atoms with Gasteiger partial charge in [0, 0.05) is 24.2 Å². The molecule has 0 saturated heterocycles. The fraction of sp³-hybridized carbons (Fsp3) is 0.556. The molecule has 1 rings (SSSR count). The molecule has 29 heavy (non-hydrogen) atoms. The van der Waals surface area contributed by atoms with E-state index >= 15 is 0 Å². The summed E-state index contributed by atoms with van der Waals surface area (Å²) in [5.41, 5.74) is 11.3. The first-order chi connectivity index (χ1) is 13.1. The molecule has 0 bridgehead atoms. The first kappa shape index (κ1) is 31.7. The van der Waals surface area contributed by atoms with Crippen molar-refractivity contribution >= 4 is 23.9 Å². The number of aliphatic carboxylic acids is 2. The van der Waals surface area contributed by atoms with Gasteiger partial charge in [-0.05, 0) is 38.8 Å². The van der Waals surface area contributed by atoms with Gasteiger partial charge in [0.1, 0.15) is 0 Å². The van der Waals surface area contributed by atoms with Gasteiger partial charge >= 0.3 is 33.0 Å². The fourth-order valence-electron chi connectivity index (χ4n) is 1.84. The van der Waals surface area contributed by atoms with E-state index in [-0.39, 0.29) is 46.4 Å². The summed E-state index contributed by atoms with van der Waals surface area (Å²) in [4.78, 5) is 40.1. The second kappa shape index (κ2) is 20.7. The molecule has 2 atom stereocenters. The van der Waals surface area contributed by atoms with Crippen molar-refractivity contribution in [2.45, 2.75) is 51.6 Å². The predicted octanol–water partition coefficient (Wildman–Crippen LogP) is -2.08. The minimum absolute atomic E-state index is 0. The van der Waals surface area contributed by atoms with Crippen LogP contribution < -0.4 is 21.7 Å². The molecule has 0 aromatic heterocycles. The zero-order valence-corrected chi connectivity index (χ0v) is 18.7. The van der Waals surface area contributed by atoms with Crippen molar-refractivity contribution in [3.63, 3.8) is 0 Å². The van der Waals surface area contributed by atoms with E-state index in [4.69, 9.17) is 11.5 Å². The fourth-order valence-corrected chi connectivity index (χ4v) is 1.84. The number of carbonyl (C=O) groups is 4. The first-order valence-corrected chi connectivity index (χ1v) is 8.76. The Morgan fingerprint density at radius 3 is 1.31 bits per heavy atom. The predicted molar refractivity (Wildman–Crippen MR) is 96.0 cm³/mol. The third kappa shape index (κ3) is 23.9. The second-order valence-electron chi connectivity index (χ2n) is 5.42. The van der Waals surface area contributed by atoms with Gasteiger partial charge in [-0.3, -0.25) is 0 Å². The van der Waals surface area contributed by atoms with Crippen LogP contribution in [0.15, 0.2) is 24.3 Å². The molecule has 11 heteroatoms. The Balaban J connectivity index is -0.000000345. The van der Waals surface area contributed by atoms with Crippen LogP contribution in [0.5, 0.6) is 0 Å². The zero-order chi connectivity index (χ0) is 21.9. The summed E-state index contributed by atoms with van der Waals surface area (Å²) in [6, 6.07) is 0.562. The van der Waals surface area contributed by atoms with E-state index < -0.39 is 23.9 Å². The molecule has 2 unspecified atom stereocenters. The van der Waals surface area contributed by atoms with Crippen molar-refractivity contribution in [1.29, 1.82) is 0 Å². The van der Waals surface area contributed by atoms with Crippen LogP contribution in [0.4, 0.5) is 0 Å². The number of hydrogen-bond donors (Lipinski definition) is 2. The molecule has 1 aliphatic rings. The summed E-state index contributed by atoms with van der Waals surface area (Å²) in [6.07, 6.45) is 7.65. The van der Waals surface area contributed by atoms with E-state index in [0.717, 1.165) is 25.0 Å². The smallest absolute Gasteiger partial charge is 0.545 e. The third-order valence-electron chi connectivity index (χ3n) is 3.16. The standard InChI is InChI=1S/C6H14N2.2C6H8O4.Pt/c7-5-3-1-2-4-6(5)8;2*1-2-10-6(9)4-3-5(7)8;/h5-6H,1-4,7-8H2;2*3-4H,2H2,1H3,(H,7,8);/q;;;+4/p-2/b;2*4-3+;. The molecular weight excluding hydrogens is 567 g/mol. The van der Waals surface area contributed by atoms with Crippen LogP contribution in [0.2, 0.25) is 0 Å². The summed E-state index contributed by atoms with van der Waals surface area (Å²) in [5.74, 6) is -4.17. The number of carbonyl (C=O) groups excluding carboxylic acids is 4. The molecule has 1 fully saturated rings. The van der Waals surface area contributed by atoms with Gasteiger partial charge in [0.2, 0.25) is 0 Å². The number of esters is 2. The van der Waals surface area contributed by atoms with E-state index in [2.05, 4.69) is 9.47 Å². The SMILES string of the molecule is CCOC(=O)/C=C/C(=O)[O-].CCOC(=O)/C=C/C(=O)[O-].NC1CCCCC1N.[Pt+4]. The molecule has 0 spiro atoms. The summed E-state index contributed by atoms with van der Waals surface area (Å²) < 4.78 is 8.75. The monoisotopic (exact) mass is 595 g/mol. The molecule has 0 radical (unpaired) electrons. The molecule has 0 amide bonds. The minimum Gasteiger partial charge on any atom is -0.545 e. The van der Waals surface area contributed by atoms with E-state index in [0.29, 0.717) is 12.2 Å². The summed E-state index contributed by atoms with van der Waals surface area (Å²) in [7, 11) is 0. The van der Waals surface area contributed by atoms with Gasteiger partial charge in [-0.2, -0.15) is 0 Å². The summed E-state index contributed by atoms with van der Waals surface area (Å²) in [5, 5.41) is 19.4. The molecule has 0 aliphatic heterocycles. The minimum atomic E-state index is -1.41. The molecule has 166 valence electrons. The van der Waals surface area contributed by atoms with Crippen LogP contribution in [0.3, 0.4) is 0 Å². The zero-order valence-electron chi connectivity index (χ0n) is 16.4. The van der Waals surface area contributed by atoms with Gasteiger partial charge in [0.05, 0.1) is 25.2 Å². The Labute approximate surface area is 184 Å². The van der Waals surface area contributed by atoms with Gasteiger partial charge in [0.25, 0.3) is 0 Å². The van der Waals surface area contributed by atoms with E-state index in [1.165, 1.54) is 12.8 Å². The molecule has 0 aromatic rings. The third-order valence-corrected chi connectivity index (χ3v) is 3.16. The Hall–Kier alpha value is -2.03. The molecule has 4 N–H and O–H groups in total. The largest absolute Gasteiger partial charge is 4.00 e. The van der Waals surface area contributed by atoms with Crippen LogP contribution in [0.25, 0.3) is 0 Å². The molecule has 0 aromatic carbocycles. The van der Waals surface area contributed by atoms with Gasteiger partial charge in [-0.1, -0.05) is 12.8 Å². The number of carboxylic acids is 2. The van der Waals surface area contributed by atoms with Crippen molar-refractivity contribution in [2.75, 3.05) is 13.2 Å². The average Bonchev–Trinajstić information content (AvgIpc) is 2.62. The molecule has 0 heterocycles. The number of hydrogen-bond acceptors (Lipinski definition) is 10. The Morgan fingerprint density at radius 1 is 0.793 bits per heavy atom. The van der Waals surface area contributed by atoms with Crippen molar-refractivity contribution in [3.05, 3.63) is 24.3 Å². The maximum absolute atomic E-state index is 10.3. The van der Waals surface area contributed by atoms with Crippen LogP contribution >= 0.6 is 0 Å². The van der Waals surface area contributed by atoms with Crippen molar-refractivity contribution < 1.29 is 59.9 Å². The van der Waals surface area contributed by atoms with Crippen molar-refractivity contribution in [3.8, 4) is 0 Å². The van der Waals surface area contributed by atoms with Gasteiger partial charge in [-0.25, -0.2) is 9.59 Å². The molecular formula is C18H28N2O8Pt+2. The van der Waals surface area contributed by atoms with Crippen LogP contribution in [-0.4, -0.2) is 49.2 Å². The molecule has 1 aliphatic carbocycles. The van der Waals surface area contributed by atoms with Gasteiger partial charge in [0.15, 0.2) is 0 Å². The van der Waals surface area contributed by atoms with Crippen LogP contribution in [0, 0.1) is 0 Å². The van der Waals surface area contributed by atoms with E-state index in [1.807, 2.05) is 0 Å². The summed E-state index contributed by atoms with van der Waals surface area (Å²) in [6.45, 7) is 3.72. The first-order valence-electron chi connectivity index (χ1n) is 8.76. The van der Waals surface area contributed by atoms with Gasteiger partial charge in [-0.15, -0.1) is 0 Å². The number of nitrogens with two attached hydrogens (primary N) is 2. The number of ether oxygens (including phenoxy) is 2. The van der Waals surface area contributed by atoms with Crippen LogP contribution in [0.1, 0.15) is 39.5 Å². The normalized spacial score (nSPS) is 17.7.